The maximum atomic E-state index is 12.7. The van der Waals surface area contributed by atoms with Crippen molar-refractivity contribution < 1.29 is 4.79 Å². The molecule has 1 N–H and O–H groups in total. The summed E-state index contributed by atoms with van der Waals surface area (Å²) in [5.41, 5.74) is 2.96. The Hall–Kier alpha value is -2.57. The van der Waals surface area contributed by atoms with E-state index in [1.807, 2.05) is 67.1 Å². The molecule has 1 aromatic carbocycles. The molecule has 6 nitrogen and oxygen atoms in total. The average Bonchev–Trinajstić information content (AvgIpc) is 3.21. The van der Waals surface area contributed by atoms with Gasteiger partial charge in [0.05, 0.1) is 11.4 Å². The first-order valence-corrected chi connectivity index (χ1v) is 8.74. The number of nitrogens with zero attached hydrogens (tertiary/aromatic N) is 4. The lowest BCUT2D eigenvalue weighted by Crippen LogP contribution is -2.32. The molecular formula is C19H22ClN5O. The molecule has 0 aliphatic carbocycles. The summed E-state index contributed by atoms with van der Waals surface area (Å²) in [6, 6.07) is 13.0. The van der Waals surface area contributed by atoms with Crippen LogP contribution >= 0.6 is 11.6 Å². The maximum Gasteiger partial charge on any atom is 0.270 e. The van der Waals surface area contributed by atoms with Crippen molar-refractivity contribution in [1.29, 1.82) is 0 Å². The summed E-state index contributed by atoms with van der Waals surface area (Å²) >= 11 is 5.99. The van der Waals surface area contributed by atoms with Crippen molar-refractivity contribution in [2.24, 2.45) is 7.05 Å². The smallest absolute Gasteiger partial charge is 0.270 e. The van der Waals surface area contributed by atoms with Gasteiger partial charge >= 0.3 is 0 Å². The van der Waals surface area contributed by atoms with E-state index in [2.05, 4.69) is 10.4 Å². The second-order valence-electron chi connectivity index (χ2n) is 6.37. The molecule has 136 valence electrons. The third kappa shape index (κ3) is 3.98. The van der Waals surface area contributed by atoms with Crippen LogP contribution in [0.3, 0.4) is 0 Å². The number of nitrogens with one attached hydrogen (secondary N) is 1. The highest BCUT2D eigenvalue weighted by Gasteiger charge is 2.18. The Morgan fingerprint density at radius 2 is 1.96 bits per heavy atom. The van der Waals surface area contributed by atoms with Crippen LogP contribution in [-0.2, 0) is 7.05 Å². The monoisotopic (exact) mass is 371 g/mol. The molecule has 0 radical (unpaired) electrons. The van der Waals surface area contributed by atoms with Crippen molar-refractivity contribution in [2.75, 3.05) is 27.2 Å². The number of amides is 1. The molecule has 7 heteroatoms. The minimum atomic E-state index is -0.158. The van der Waals surface area contributed by atoms with E-state index in [1.165, 1.54) is 0 Å². The van der Waals surface area contributed by atoms with E-state index < -0.39 is 0 Å². The Labute approximate surface area is 158 Å². The third-order valence-electron chi connectivity index (χ3n) is 4.06. The number of halogens is 1. The number of carbonyl (C=O) groups is 1. The molecule has 0 fully saturated rings. The molecule has 0 aliphatic rings. The lowest BCUT2D eigenvalue weighted by atomic mass is 10.2. The molecule has 0 unspecified atom stereocenters. The highest BCUT2D eigenvalue weighted by molar-refractivity contribution is 6.30. The second kappa shape index (κ2) is 7.76. The Bertz CT molecular complexity index is 895. The average molecular weight is 372 g/mol. The summed E-state index contributed by atoms with van der Waals surface area (Å²) in [5, 5.41) is 8.25. The fourth-order valence-electron chi connectivity index (χ4n) is 2.66. The number of carbonyl (C=O) groups excluding carboxylic acids is 1. The summed E-state index contributed by atoms with van der Waals surface area (Å²) in [4.78, 5) is 14.8. The van der Waals surface area contributed by atoms with E-state index in [-0.39, 0.29) is 5.91 Å². The fourth-order valence-corrected chi connectivity index (χ4v) is 2.78. The van der Waals surface area contributed by atoms with Gasteiger partial charge in [0.1, 0.15) is 11.4 Å². The first-order valence-electron chi connectivity index (χ1n) is 8.36. The zero-order chi connectivity index (χ0) is 18.7. The van der Waals surface area contributed by atoms with Gasteiger partial charge in [-0.15, -0.1) is 0 Å². The minimum Gasteiger partial charge on any atom is -0.349 e. The van der Waals surface area contributed by atoms with Gasteiger partial charge in [0, 0.05) is 31.4 Å². The molecule has 0 aliphatic heterocycles. The molecule has 0 spiro atoms. The van der Waals surface area contributed by atoms with Crippen LogP contribution in [0.1, 0.15) is 10.5 Å². The number of hydrogen-bond donors (Lipinski definition) is 1. The molecular weight excluding hydrogens is 350 g/mol. The molecule has 3 rings (SSSR count). The maximum absolute atomic E-state index is 12.7. The van der Waals surface area contributed by atoms with Crippen LogP contribution in [-0.4, -0.2) is 52.3 Å². The highest BCUT2D eigenvalue weighted by Crippen LogP contribution is 2.22. The van der Waals surface area contributed by atoms with Crippen molar-refractivity contribution in [3.63, 3.8) is 0 Å². The number of rotatable bonds is 6. The predicted molar refractivity (Wildman–Crippen MR) is 104 cm³/mol. The Morgan fingerprint density at radius 3 is 2.58 bits per heavy atom. The standard InChI is InChI=1S/C19H22ClN5O/c1-23(2)12-10-21-19(26)18-13-16(17-5-4-11-24(17)3)22-25(18)15-8-6-14(20)7-9-15/h4-9,11,13H,10,12H2,1-3H3,(H,21,26). The van der Waals surface area contributed by atoms with Gasteiger partial charge in [-0.05, 0) is 56.6 Å². The SMILES string of the molecule is CN(C)CCNC(=O)c1cc(-c2cccn2C)nn1-c1ccc(Cl)cc1. The molecule has 26 heavy (non-hydrogen) atoms. The normalized spacial score (nSPS) is 11.1. The number of aryl methyl sites for hydroxylation is 1. The van der Waals surface area contributed by atoms with E-state index in [9.17, 15) is 4.79 Å². The van der Waals surface area contributed by atoms with Crippen molar-refractivity contribution >= 4 is 17.5 Å². The molecule has 3 aromatic rings. The minimum absolute atomic E-state index is 0.158. The summed E-state index contributed by atoms with van der Waals surface area (Å²) in [5.74, 6) is -0.158. The van der Waals surface area contributed by atoms with Crippen LogP contribution in [0.25, 0.3) is 17.1 Å². The Kier molecular flexibility index (Phi) is 5.44. The van der Waals surface area contributed by atoms with Gasteiger partial charge < -0.3 is 14.8 Å². The van der Waals surface area contributed by atoms with E-state index in [1.54, 1.807) is 16.8 Å². The number of likely N-dealkylation sites (N-methyl/N-ethyl adjacent to an activating group) is 1. The van der Waals surface area contributed by atoms with Crippen LogP contribution in [0.4, 0.5) is 0 Å². The van der Waals surface area contributed by atoms with Crippen LogP contribution in [0.2, 0.25) is 5.02 Å². The van der Waals surface area contributed by atoms with Gasteiger partial charge in [-0.2, -0.15) is 5.10 Å². The van der Waals surface area contributed by atoms with Crippen LogP contribution in [0.5, 0.6) is 0 Å². The summed E-state index contributed by atoms with van der Waals surface area (Å²) in [6.45, 7) is 1.34. The topological polar surface area (TPSA) is 55.1 Å². The van der Waals surface area contributed by atoms with Crippen molar-refractivity contribution in [3.05, 3.63) is 59.4 Å². The largest absolute Gasteiger partial charge is 0.349 e. The van der Waals surface area contributed by atoms with Gasteiger partial charge in [-0.3, -0.25) is 4.79 Å². The molecule has 2 heterocycles. The zero-order valence-corrected chi connectivity index (χ0v) is 15.9. The van der Waals surface area contributed by atoms with Gasteiger partial charge in [-0.25, -0.2) is 4.68 Å². The van der Waals surface area contributed by atoms with E-state index in [0.717, 1.165) is 23.6 Å². The number of aromatic nitrogens is 3. The summed E-state index contributed by atoms with van der Waals surface area (Å²) < 4.78 is 3.63. The van der Waals surface area contributed by atoms with Gasteiger partial charge in [0.15, 0.2) is 0 Å². The van der Waals surface area contributed by atoms with Crippen LogP contribution in [0.15, 0.2) is 48.7 Å². The molecule has 0 atom stereocenters. The van der Waals surface area contributed by atoms with Gasteiger partial charge in [0.25, 0.3) is 5.91 Å². The first kappa shape index (κ1) is 18.2. The van der Waals surface area contributed by atoms with Crippen LogP contribution < -0.4 is 5.32 Å². The highest BCUT2D eigenvalue weighted by atomic mass is 35.5. The second-order valence-corrected chi connectivity index (χ2v) is 6.80. The van der Waals surface area contributed by atoms with Gasteiger partial charge in [0.2, 0.25) is 0 Å². The Morgan fingerprint density at radius 1 is 1.23 bits per heavy atom. The summed E-state index contributed by atoms with van der Waals surface area (Å²) in [6.07, 6.45) is 1.95. The molecule has 2 aromatic heterocycles. The van der Waals surface area contributed by atoms with Crippen LogP contribution in [0, 0.1) is 0 Å². The quantitative estimate of drug-likeness (QED) is 0.725. The third-order valence-corrected chi connectivity index (χ3v) is 4.32. The lowest BCUT2D eigenvalue weighted by Gasteiger charge is -2.11. The molecule has 0 bridgehead atoms. The lowest BCUT2D eigenvalue weighted by molar-refractivity contribution is 0.0943. The fraction of sp³-hybridized carbons (Fsp3) is 0.263. The van der Waals surface area contributed by atoms with Crippen molar-refractivity contribution in [2.45, 2.75) is 0 Å². The van der Waals surface area contributed by atoms with E-state index >= 15 is 0 Å². The zero-order valence-electron chi connectivity index (χ0n) is 15.1. The molecule has 1 amide bonds. The number of benzene rings is 1. The predicted octanol–water partition coefficient (Wildman–Crippen LogP) is 2.82. The summed E-state index contributed by atoms with van der Waals surface area (Å²) in [7, 11) is 5.89. The van der Waals surface area contributed by atoms with Crippen molar-refractivity contribution in [1.82, 2.24) is 24.6 Å². The Balaban J connectivity index is 1.97. The number of hydrogen-bond acceptors (Lipinski definition) is 3. The molecule has 0 saturated carbocycles. The molecule has 0 saturated heterocycles. The van der Waals surface area contributed by atoms with Crippen molar-refractivity contribution in [3.8, 4) is 17.1 Å². The van der Waals surface area contributed by atoms with Gasteiger partial charge in [-0.1, -0.05) is 11.6 Å². The first-order chi connectivity index (χ1) is 12.5. The van der Waals surface area contributed by atoms with E-state index in [4.69, 9.17) is 11.6 Å². The van der Waals surface area contributed by atoms with E-state index in [0.29, 0.717) is 17.3 Å².